The molecular weight excluding hydrogens is 172 g/mol. The van der Waals surface area contributed by atoms with Crippen LogP contribution in [-0.4, -0.2) is 30.6 Å². The maximum atomic E-state index is 6.88. The summed E-state index contributed by atoms with van der Waals surface area (Å²) in [6.07, 6.45) is 8.37. The van der Waals surface area contributed by atoms with Crippen LogP contribution in [0, 0.1) is 12.5 Å². The lowest BCUT2D eigenvalue weighted by Crippen LogP contribution is -2.35. The Morgan fingerprint density at radius 1 is 1.14 bits per heavy atom. The van der Waals surface area contributed by atoms with Gasteiger partial charge in [0.1, 0.15) is 0 Å². The van der Waals surface area contributed by atoms with Crippen LogP contribution in [0.2, 0.25) is 0 Å². The van der Waals surface area contributed by atoms with Crippen molar-refractivity contribution in [3.8, 4) is 0 Å². The summed E-state index contributed by atoms with van der Waals surface area (Å²) >= 11 is 0. The van der Waals surface area contributed by atoms with Crippen LogP contribution in [0.5, 0.6) is 0 Å². The van der Waals surface area contributed by atoms with Gasteiger partial charge in [0.05, 0.1) is 0 Å². The Morgan fingerprint density at radius 3 is 2.64 bits per heavy atom. The molecule has 1 aliphatic heterocycles. The predicted octanol–water partition coefficient (Wildman–Crippen LogP) is 2.56. The molecule has 2 aliphatic rings. The second-order valence-corrected chi connectivity index (χ2v) is 4.78. The van der Waals surface area contributed by atoms with E-state index in [1.807, 2.05) is 0 Å². The van der Waals surface area contributed by atoms with Crippen LogP contribution in [0.3, 0.4) is 0 Å². The van der Waals surface area contributed by atoms with Gasteiger partial charge in [-0.1, -0.05) is 19.3 Å². The Hall–Kier alpha value is -0.550. The quantitative estimate of drug-likeness (QED) is 0.610. The number of rotatable bonds is 2. The third kappa shape index (κ3) is 2.27. The Bertz CT molecular complexity index is 213. The van der Waals surface area contributed by atoms with E-state index in [-0.39, 0.29) is 0 Å². The van der Waals surface area contributed by atoms with Crippen LogP contribution in [0.1, 0.15) is 38.5 Å². The first-order chi connectivity index (χ1) is 6.90. The van der Waals surface area contributed by atoms with E-state index >= 15 is 0 Å². The third-order valence-electron chi connectivity index (χ3n) is 3.76. The van der Waals surface area contributed by atoms with Crippen LogP contribution >= 0.6 is 0 Å². The van der Waals surface area contributed by atoms with Crippen molar-refractivity contribution < 1.29 is 0 Å². The molecule has 2 heteroatoms. The molecule has 0 aromatic rings. The molecule has 14 heavy (non-hydrogen) atoms. The minimum absolute atomic E-state index is 0.675. The van der Waals surface area contributed by atoms with Gasteiger partial charge in [-0.3, -0.25) is 4.90 Å². The molecule has 0 spiro atoms. The SMILES string of the molecule is [C-]#[N+]CC1CCN(C2CCCCC2)C1. The van der Waals surface area contributed by atoms with Crippen molar-refractivity contribution in [2.75, 3.05) is 19.6 Å². The van der Waals surface area contributed by atoms with Gasteiger partial charge >= 0.3 is 0 Å². The highest BCUT2D eigenvalue weighted by molar-refractivity contribution is 4.86. The molecule has 1 unspecified atom stereocenters. The molecule has 2 rings (SSSR count). The van der Waals surface area contributed by atoms with Crippen LogP contribution < -0.4 is 0 Å². The van der Waals surface area contributed by atoms with Crippen LogP contribution in [0.15, 0.2) is 0 Å². The minimum Gasteiger partial charge on any atom is -0.317 e. The summed E-state index contributed by atoms with van der Waals surface area (Å²) in [6.45, 7) is 10.1. The number of likely N-dealkylation sites (tertiary alicyclic amines) is 1. The largest absolute Gasteiger partial charge is 0.317 e. The van der Waals surface area contributed by atoms with Gasteiger partial charge in [0, 0.05) is 18.5 Å². The molecule has 0 bridgehead atoms. The van der Waals surface area contributed by atoms with E-state index in [0.29, 0.717) is 5.92 Å². The van der Waals surface area contributed by atoms with Crippen molar-refractivity contribution in [3.05, 3.63) is 11.4 Å². The molecule has 1 atom stereocenters. The topological polar surface area (TPSA) is 7.60 Å². The second-order valence-electron chi connectivity index (χ2n) is 4.78. The highest BCUT2D eigenvalue weighted by atomic mass is 15.2. The van der Waals surface area contributed by atoms with Gasteiger partial charge in [-0.2, -0.15) is 0 Å². The Labute approximate surface area is 87.1 Å². The lowest BCUT2D eigenvalue weighted by atomic mass is 9.94. The predicted molar refractivity (Wildman–Crippen MR) is 58.0 cm³/mol. The molecule has 2 nitrogen and oxygen atoms in total. The lowest BCUT2D eigenvalue weighted by Gasteiger charge is -2.30. The molecule has 1 saturated heterocycles. The summed E-state index contributed by atoms with van der Waals surface area (Å²) in [7, 11) is 0. The average molecular weight is 192 g/mol. The van der Waals surface area contributed by atoms with E-state index in [1.165, 1.54) is 51.6 Å². The summed E-state index contributed by atoms with van der Waals surface area (Å²) in [5, 5.41) is 0. The smallest absolute Gasteiger partial charge is 0.218 e. The molecule has 0 N–H and O–H groups in total. The Morgan fingerprint density at radius 2 is 1.93 bits per heavy atom. The fourth-order valence-corrected chi connectivity index (χ4v) is 2.92. The van der Waals surface area contributed by atoms with Crippen molar-refractivity contribution in [3.63, 3.8) is 0 Å². The van der Waals surface area contributed by atoms with Crippen LogP contribution in [0.25, 0.3) is 4.85 Å². The molecule has 0 aromatic heterocycles. The lowest BCUT2D eigenvalue weighted by molar-refractivity contribution is 0.186. The van der Waals surface area contributed by atoms with Crippen molar-refractivity contribution in [2.24, 2.45) is 5.92 Å². The fourth-order valence-electron chi connectivity index (χ4n) is 2.92. The first-order valence-corrected chi connectivity index (χ1v) is 5.97. The van der Waals surface area contributed by atoms with E-state index < -0.39 is 0 Å². The summed E-state index contributed by atoms with van der Waals surface area (Å²) in [5.74, 6) is 0.675. The maximum absolute atomic E-state index is 6.88. The second kappa shape index (κ2) is 4.79. The number of hydrogen-bond donors (Lipinski definition) is 0. The van der Waals surface area contributed by atoms with Gasteiger partial charge in [-0.05, 0) is 25.8 Å². The van der Waals surface area contributed by atoms with Gasteiger partial charge in [-0.15, -0.1) is 0 Å². The van der Waals surface area contributed by atoms with E-state index in [4.69, 9.17) is 6.57 Å². The number of nitrogens with zero attached hydrogens (tertiary/aromatic N) is 2. The molecule has 2 fully saturated rings. The first kappa shape index (κ1) is 9.98. The van der Waals surface area contributed by atoms with E-state index in [1.54, 1.807) is 0 Å². The molecule has 0 aromatic carbocycles. The van der Waals surface area contributed by atoms with E-state index in [9.17, 15) is 0 Å². The van der Waals surface area contributed by atoms with Crippen LogP contribution in [0.4, 0.5) is 0 Å². The summed E-state index contributed by atoms with van der Waals surface area (Å²) in [5.41, 5.74) is 0. The van der Waals surface area contributed by atoms with Crippen molar-refractivity contribution >= 4 is 0 Å². The average Bonchev–Trinajstić information content (AvgIpc) is 2.68. The Kier molecular flexibility index (Phi) is 3.42. The zero-order valence-electron chi connectivity index (χ0n) is 8.91. The normalized spacial score (nSPS) is 30.4. The molecule has 1 heterocycles. The molecule has 0 amide bonds. The zero-order chi connectivity index (χ0) is 9.80. The van der Waals surface area contributed by atoms with Crippen molar-refractivity contribution in [2.45, 2.75) is 44.6 Å². The summed E-state index contributed by atoms with van der Waals surface area (Å²) < 4.78 is 0. The molecule has 1 aliphatic carbocycles. The monoisotopic (exact) mass is 192 g/mol. The summed E-state index contributed by atoms with van der Waals surface area (Å²) in [6, 6.07) is 0.861. The maximum Gasteiger partial charge on any atom is 0.218 e. The van der Waals surface area contributed by atoms with E-state index in [2.05, 4.69) is 9.74 Å². The minimum atomic E-state index is 0.675. The molecule has 0 radical (unpaired) electrons. The van der Waals surface area contributed by atoms with Gasteiger partial charge < -0.3 is 4.85 Å². The zero-order valence-corrected chi connectivity index (χ0v) is 8.91. The summed E-state index contributed by atoms with van der Waals surface area (Å²) in [4.78, 5) is 6.17. The van der Waals surface area contributed by atoms with Crippen LogP contribution in [-0.2, 0) is 0 Å². The van der Waals surface area contributed by atoms with Gasteiger partial charge in [0.15, 0.2) is 0 Å². The Balaban J connectivity index is 1.79. The number of hydrogen-bond acceptors (Lipinski definition) is 1. The molecule has 78 valence electrons. The van der Waals surface area contributed by atoms with Crippen molar-refractivity contribution in [1.82, 2.24) is 4.90 Å². The first-order valence-electron chi connectivity index (χ1n) is 5.97. The fraction of sp³-hybridized carbons (Fsp3) is 0.917. The molecular formula is C12H20N2. The van der Waals surface area contributed by atoms with Gasteiger partial charge in [0.2, 0.25) is 6.54 Å². The van der Waals surface area contributed by atoms with Gasteiger partial charge in [-0.25, -0.2) is 6.57 Å². The van der Waals surface area contributed by atoms with Gasteiger partial charge in [0.25, 0.3) is 0 Å². The van der Waals surface area contributed by atoms with E-state index in [0.717, 1.165) is 12.6 Å². The highest BCUT2D eigenvalue weighted by Gasteiger charge is 2.30. The highest BCUT2D eigenvalue weighted by Crippen LogP contribution is 2.27. The molecule has 1 saturated carbocycles. The third-order valence-corrected chi connectivity index (χ3v) is 3.76. The van der Waals surface area contributed by atoms with Crippen molar-refractivity contribution in [1.29, 1.82) is 0 Å². The standard InChI is InChI=1S/C12H20N2/c1-13-9-11-7-8-14(10-11)12-5-3-2-4-6-12/h11-12H,2-10H2.